The number of alkyl halides is 3. The van der Waals surface area contributed by atoms with Crippen molar-refractivity contribution in [3.05, 3.63) is 34.9 Å². The van der Waals surface area contributed by atoms with Crippen molar-refractivity contribution in [2.75, 3.05) is 13.2 Å². The molecule has 122 valence electrons. The Balaban J connectivity index is 2.17. The molecule has 22 heavy (non-hydrogen) atoms. The van der Waals surface area contributed by atoms with E-state index in [0.29, 0.717) is 24.4 Å². The van der Waals surface area contributed by atoms with Gasteiger partial charge in [0.15, 0.2) is 6.04 Å². The predicted molar refractivity (Wildman–Crippen MR) is 75.6 cm³/mol. The smallest absolute Gasteiger partial charge is 0.394 e. The number of benzene rings is 1. The zero-order valence-corrected chi connectivity index (χ0v) is 12.4. The molecule has 1 saturated heterocycles. The summed E-state index contributed by atoms with van der Waals surface area (Å²) in [4.78, 5) is 13.3. The third kappa shape index (κ3) is 3.84. The molecule has 2 rings (SSSR count). The molecule has 0 radical (unpaired) electrons. The molecule has 2 atom stereocenters. The van der Waals surface area contributed by atoms with E-state index < -0.39 is 24.3 Å². The standard InChI is InChI=1S/C14H16ClF3N2O2/c15-10-5-3-9(4-6-10)12(14(16,17)18)19-13(22)20-7-1-2-11(20)8-21/h3-6,11-12,21H,1-2,7-8H2,(H,19,22). The van der Waals surface area contributed by atoms with Crippen LogP contribution in [-0.4, -0.2) is 41.4 Å². The van der Waals surface area contributed by atoms with E-state index in [0.717, 1.165) is 0 Å². The zero-order chi connectivity index (χ0) is 16.3. The van der Waals surface area contributed by atoms with Gasteiger partial charge in [-0.3, -0.25) is 0 Å². The molecule has 0 aromatic heterocycles. The molecule has 1 aromatic rings. The summed E-state index contributed by atoms with van der Waals surface area (Å²) in [5.74, 6) is 0. The average molecular weight is 337 g/mol. The maximum absolute atomic E-state index is 13.2. The lowest BCUT2D eigenvalue weighted by atomic mass is 10.1. The van der Waals surface area contributed by atoms with E-state index in [1.165, 1.54) is 29.2 Å². The normalized spacial score (nSPS) is 20.0. The largest absolute Gasteiger partial charge is 0.412 e. The Kier molecular flexibility index (Phi) is 5.18. The first kappa shape index (κ1) is 16.9. The van der Waals surface area contributed by atoms with Crippen molar-refractivity contribution in [1.29, 1.82) is 0 Å². The number of urea groups is 1. The Morgan fingerprint density at radius 2 is 2.05 bits per heavy atom. The Labute approximate surface area is 130 Å². The lowest BCUT2D eigenvalue weighted by Gasteiger charge is -2.28. The summed E-state index contributed by atoms with van der Waals surface area (Å²) in [6, 6.07) is 1.77. The topological polar surface area (TPSA) is 52.6 Å². The van der Waals surface area contributed by atoms with Crippen molar-refractivity contribution in [3.63, 3.8) is 0 Å². The number of carbonyl (C=O) groups is 1. The summed E-state index contributed by atoms with van der Waals surface area (Å²) in [7, 11) is 0. The van der Waals surface area contributed by atoms with Crippen molar-refractivity contribution in [1.82, 2.24) is 10.2 Å². The highest BCUT2D eigenvalue weighted by Gasteiger charge is 2.43. The van der Waals surface area contributed by atoms with Crippen LogP contribution in [0, 0.1) is 0 Å². The first-order valence-corrected chi connectivity index (χ1v) is 7.21. The second-order valence-electron chi connectivity index (χ2n) is 5.15. The van der Waals surface area contributed by atoms with E-state index in [-0.39, 0.29) is 12.2 Å². The summed E-state index contributed by atoms with van der Waals surface area (Å²) in [6.45, 7) is 0.0767. The molecule has 1 heterocycles. The van der Waals surface area contributed by atoms with Crippen LogP contribution in [0.2, 0.25) is 5.02 Å². The number of aliphatic hydroxyl groups excluding tert-OH is 1. The first-order chi connectivity index (χ1) is 10.3. The lowest BCUT2D eigenvalue weighted by Crippen LogP contribution is -2.48. The zero-order valence-electron chi connectivity index (χ0n) is 11.6. The molecule has 0 saturated carbocycles. The summed E-state index contributed by atoms with van der Waals surface area (Å²) in [6.07, 6.45) is -3.38. The predicted octanol–water partition coefficient (Wildman–Crippen LogP) is 3.11. The molecule has 0 bridgehead atoms. The highest BCUT2D eigenvalue weighted by Crippen LogP contribution is 2.33. The second kappa shape index (κ2) is 6.75. The second-order valence-corrected chi connectivity index (χ2v) is 5.58. The number of amides is 2. The maximum Gasteiger partial charge on any atom is 0.412 e. The molecule has 0 spiro atoms. The molecule has 1 aliphatic rings. The minimum atomic E-state index is -4.63. The third-order valence-corrected chi connectivity index (χ3v) is 3.90. The third-order valence-electron chi connectivity index (χ3n) is 3.65. The summed E-state index contributed by atoms with van der Waals surface area (Å²) in [5.41, 5.74) is -0.0926. The van der Waals surface area contributed by atoms with Gasteiger partial charge in [0.25, 0.3) is 0 Å². The van der Waals surface area contributed by atoms with Crippen molar-refractivity contribution >= 4 is 17.6 Å². The molecule has 1 fully saturated rings. The van der Waals surface area contributed by atoms with Crippen LogP contribution < -0.4 is 5.32 Å². The molecule has 4 nitrogen and oxygen atoms in total. The molecular weight excluding hydrogens is 321 g/mol. The van der Waals surface area contributed by atoms with Gasteiger partial charge in [0.2, 0.25) is 0 Å². The van der Waals surface area contributed by atoms with Crippen LogP contribution in [0.15, 0.2) is 24.3 Å². The van der Waals surface area contributed by atoms with E-state index >= 15 is 0 Å². The van der Waals surface area contributed by atoms with Crippen molar-refractivity contribution in [2.24, 2.45) is 0 Å². The van der Waals surface area contributed by atoms with Crippen LogP contribution in [-0.2, 0) is 0 Å². The van der Waals surface area contributed by atoms with Gasteiger partial charge in [-0.15, -0.1) is 0 Å². The number of aliphatic hydroxyl groups is 1. The number of carbonyl (C=O) groups excluding carboxylic acids is 1. The van der Waals surface area contributed by atoms with Crippen LogP contribution in [0.4, 0.5) is 18.0 Å². The fourth-order valence-electron chi connectivity index (χ4n) is 2.51. The van der Waals surface area contributed by atoms with Gasteiger partial charge >= 0.3 is 12.2 Å². The van der Waals surface area contributed by atoms with Gasteiger partial charge in [-0.1, -0.05) is 23.7 Å². The van der Waals surface area contributed by atoms with E-state index in [4.69, 9.17) is 16.7 Å². The van der Waals surface area contributed by atoms with E-state index in [1.54, 1.807) is 0 Å². The average Bonchev–Trinajstić information content (AvgIpc) is 2.93. The molecule has 1 aromatic carbocycles. The summed E-state index contributed by atoms with van der Waals surface area (Å²) in [5, 5.41) is 11.5. The van der Waals surface area contributed by atoms with Crippen LogP contribution in [0.1, 0.15) is 24.4 Å². The van der Waals surface area contributed by atoms with Gasteiger partial charge in [0, 0.05) is 11.6 Å². The van der Waals surface area contributed by atoms with Gasteiger partial charge < -0.3 is 15.3 Å². The minimum Gasteiger partial charge on any atom is -0.394 e. The van der Waals surface area contributed by atoms with Gasteiger partial charge in [-0.05, 0) is 30.5 Å². The van der Waals surface area contributed by atoms with Crippen LogP contribution >= 0.6 is 11.6 Å². The van der Waals surface area contributed by atoms with Gasteiger partial charge in [0.1, 0.15) is 0 Å². The number of rotatable bonds is 3. The fourth-order valence-corrected chi connectivity index (χ4v) is 2.63. The molecule has 8 heteroatoms. The molecule has 0 aliphatic carbocycles. The Bertz CT molecular complexity index is 522. The SMILES string of the molecule is O=C(NC(c1ccc(Cl)cc1)C(F)(F)F)N1CCCC1CO. The first-order valence-electron chi connectivity index (χ1n) is 6.83. The maximum atomic E-state index is 13.2. The van der Waals surface area contributed by atoms with Gasteiger partial charge in [-0.25, -0.2) is 4.79 Å². The van der Waals surface area contributed by atoms with E-state index in [9.17, 15) is 18.0 Å². The highest BCUT2D eigenvalue weighted by atomic mass is 35.5. The summed E-state index contributed by atoms with van der Waals surface area (Å²) >= 11 is 5.67. The quantitative estimate of drug-likeness (QED) is 0.891. The number of likely N-dealkylation sites (tertiary alicyclic amines) is 1. The Morgan fingerprint density at radius 3 is 2.59 bits per heavy atom. The molecule has 2 N–H and O–H groups in total. The number of halogens is 4. The Morgan fingerprint density at radius 1 is 1.41 bits per heavy atom. The molecule has 1 aliphatic heterocycles. The van der Waals surface area contributed by atoms with Crippen LogP contribution in [0.5, 0.6) is 0 Å². The molecule has 2 amide bonds. The molecule has 2 unspecified atom stereocenters. The molecular formula is C14H16ClF3N2O2. The Hall–Kier alpha value is -1.47. The number of nitrogens with one attached hydrogen (secondary N) is 1. The monoisotopic (exact) mass is 336 g/mol. The van der Waals surface area contributed by atoms with Gasteiger partial charge in [0.05, 0.1) is 12.6 Å². The summed E-state index contributed by atoms with van der Waals surface area (Å²) < 4.78 is 39.7. The van der Waals surface area contributed by atoms with E-state index in [1.807, 2.05) is 5.32 Å². The van der Waals surface area contributed by atoms with Crippen LogP contribution in [0.3, 0.4) is 0 Å². The fraction of sp³-hybridized carbons (Fsp3) is 0.500. The van der Waals surface area contributed by atoms with Crippen molar-refractivity contribution < 1.29 is 23.1 Å². The number of nitrogens with zero attached hydrogens (tertiary/aromatic N) is 1. The van der Waals surface area contributed by atoms with Crippen molar-refractivity contribution in [3.8, 4) is 0 Å². The van der Waals surface area contributed by atoms with Crippen molar-refractivity contribution in [2.45, 2.75) is 31.1 Å². The minimum absolute atomic E-state index is 0.0926. The van der Waals surface area contributed by atoms with E-state index in [2.05, 4.69) is 0 Å². The highest BCUT2D eigenvalue weighted by molar-refractivity contribution is 6.30. The number of hydrogen-bond donors (Lipinski definition) is 2. The van der Waals surface area contributed by atoms with Gasteiger partial charge in [-0.2, -0.15) is 13.2 Å². The number of hydrogen-bond acceptors (Lipinski definition) is 2. The lowest BCUT2D eigenvalue weighted by molar-refractivity contribution is -0.155. The van der Waals surface area contributed by atoms with Crippen LogP contribution in [0.25, 0.3) is 0 Å².